The number of carbonyl (C=O) groups excluding carboxylic acids is 1. The largest absolute Gasteiger partial charge is 0.481 e. The second-order valence-electron chi connectivity index (χ2n) is 1.41. The molecule has 0 aromatic rings. The highest BCUT2D eigenvalue weighted by Crippen LogP contribution is 2.00. The predicted octanol–water partition coefficient (Wildman–Crippen LogP) is 1.44. The predicted molar refractivity (Wildman–Crippen MR) is 38.6 cm³/mol. The fraction of sp³-hybridized carbons (Fsp3) is 0.500. The minimum Gasteiger partial charge on any atom is -0.481 e. The van der Waals surface area contributed by atoms with Gasteiger partial charge in [-0.2, -0.15) is 0 Å². The molecule has 0 fully saturated rings. The summed E-state index contributed by atoms with van der Waals surface area (Å²) < 4.78 is 4.85. The van der Waals surface area contributed by atoms with Gasteiger partial charge in [-0.15, -0.1) is 0 Å². The third-order valence-corrected chi connectivity index (χ3v) is 1.06. The van der Waals surface area contributed by atoms with Crippen molar-refractivity contribution < 1.29 is 9.53 Å². The maximum Gasteiger partial charge on any atom is 0.235 e. The van der Waals surface area contributed by atoms with Gasteiger partial charge in [-0.05, 0) is 24.6 Å². The van der Waals surface area contributed by atoms with E-state index in [1.54, 1.807) is 13.0 Å². The van der Waals surface area contributed by atoms with Gasteiger partial charge in [-0.3, -0.25) is 0 Å². The van der Waals surface area contributed by atoms with E-state index in [9.17, 15) is 4.79 Å². The van der Waals surface area contributed by atoms with Crippen LogP contribution in [0.25, 0.3) is 0 Å². The molecule has 10 heavy (non-hydrogen) atoms. The van der Waals surface area contributed by atoms with Crippen LogP contribution in [0, 0.1) is 0 Å². The lowest BCUT2D eigenvalue weighted by Gasteiger charge is -1.98. The Kier molecular flexibility index (Phi) is 5.83. The Morgan fingerprint density at radius 3 is 3.10 bits per heavy atom. The number of rotatable bonds is 4. The van der Waals surface area contributed by atoms with Gasteiger partial charge in [0.1, 0.15) is 6.61 Å². The molecule has 0 aliphatic heterocycles. The van der Waals surface area contributed by atoms with E-state index in [1.807, 2.05) is 0 Å². The van der Waals surface area contributed by atoms with E-state index in [2.05, 4.69) is 4.99 Å². The smallest absolute Gasteiger partial charge is 0.235 e. The van der Waals surface area contributed by atoms with E-state index in [-0.39, 0.29) is 0 Å². The normalized spacial score (nSPS) is 10.4. The Hall–Kier alpha value is -0.790. The van der Waals surface area contributed by atoms with Crippen LogP contribution in [0.3, 0.4) is 0 Å². The summed E-state index contributed by atoms with van der Waals surface area (Å²) >= 11 is 5.44. The lowest BCUT2D eigenvalue weighted by Crippen LogP contribution is -1.93. The molecule has 0 aromatic heterocycles. The number of isocyanates is 1. The Labute approximate surface area is 64.3 Å². The Morgan fingerprint density at radius 1 is 1.90 bits per heavy atom. The fourth-order valence-corrected chi connectivity index (χ4v) is 0.395. The first-order valence-corrected chi connectivity index (χ1v) is 3.17. The third-order valence-electron chi connectivity index (χ3n) is 0.735. The number of nitrogens with zero attached hydrogens (tertiary/aromatic N) is 1. The zero-order valence-corrected chi connectivity index (χ0v) is 6.39. The van der Waals surface area contributed by atoms with Crippen molar-refractivity contribution >= 4 is 17.7 Å². The molecule has 0 aromatic carbocycles. The minimum atomic E-state index is 0.299. The van der Waals surface area contributed by atoms with Gasteiger partial charge in [0, 0.05) is 0 Å². The molecule has 0 unspecified atom stereocenters. The van der Waals surface area contributed by atoms with Crippen molar-refractivity contribution in [2.24, 2.45) is 4.99 Å². The van der Waals surface area contributed by atoms with E-state index < -0.39 is 0 Å². The van der Waals surface area contributed by atoms with Crippen molar-refractivity contribution in [3.05, 3.63) is 11.3 Å². The molecule has 0 heterocycles. The summed E-state index contributed by atoms with van der Waals surface area (Å²) in [5.74, 6) is 0. The fourth-order valence-electron chi connectivity index (χ4n) is 0.318. The quantitative estimate of drug-likeness (QED) is 0.271. The number of hydrogen-bond acceptors (Lipinski definition) is 3. The molecule has 0 aliphatic carbocycles. The van der Waals surface area contributed by atoms with Crippen molar-refractivity contribution in [2.75, 3.05) is 13.2 Å². The molecule has 0 rings (SSSR count). The number of aliphatic imine (C=N–C) groups is 1. The zero-order valence-electron chi connectivity index (χ0n) is 5.63. The monoisotopic (exact) mass is 161 g/mol. The highest BCUT2D eigenvalue weighted by molar-refractivity contribution is 6.28. The van der Waals surface area contributed by atoms with Gasteiger partial charge in [-0.1, -0.05) is 0 Å². The highest BCUT2D eigenvalue weighted by atomic mass is 35.5. The lowest BCUT2D eigenvalue weighted by atomic mass is 10.7. The molecule has 3 nitrogen and oxygen atoms in total. The number of halogens is 1. The lowest BCUT2D eigenvalue weighted by molar-refractivity contribution is 0.245. The van der Waals surface area contributed by atoms with Gasteiger partial charge in [0.15, 0.2) is 5.22 Å². The first-order chi connectivity index (χ1) is 4.81. The topological polar surface area (TPSA) is 38.7 Å². The van der Waals surface area contributed by atoms with E-state index in [4.69, 9.17) is 16.3 Å². The van der Waals surface area contributed by atoms with Gasteiger partial charge >= 0.3 is 0 Å². The molecule has 0 radical (unpaired) electrons. The molecule has 0 bridgehead atoms. The molecule has 0 aliphatic rings. The summed E-state index contributed by atoms with van der Waals surface area (Å²) in [5.41, 5.74) is 0. The SMILES string of the molecule is CC=C(Cl)OCCN=C=O. The Morgan fingerprint density at radius 2 is 2.60 bits per heavy atom. The summed E-state index contributed by atoms with van der Waals surface area (Å²) in [6.07, 6.45) is 3.01. The first kappa shape index (κ1) is 9.21. The third kappa shape index (κ3) is 5.35. The van der Waals surface area contributed by atoms with E-state index in [0.29, 0.717) is 18.4 Å². The number of allylic oxidation sites excluding steroid dienone is 1. The molecule has 0 amide bonds. The van der Waals surface area contributed by atoms with Crippen molar-refractivity contribution in [3.63, 3.8) is 0 Å². The van der Waals surface area contributed by atoms with Crippen LogP contribution in [0.15, 0.2) is 16.3 Å². The second-order valence-corrected chi connectivity index (χ2v) is 1.79. The van der Waals surface area contributed by atoms with Crippen LogP contribution in [0.2, 0.25) is 0 Å². The summed E-state index contributed by atoms with van der Waals surface area (Å²) in [5, 5.41) is 0.320. The molecule has 0 N–H and O–H groups in total. The molecule has 4 heteroatoms. The average molecular weight is 162 g/mol. The van der Waals surface area contributed by atoms with Gasteiger partial charge in [0.25, 0.3) is 0 Å². The summed E-state index contributed by atoms with van der Waals surface area (Å²) in [6.45, 7) is 2.37. The van der Waals surface area contributed by atoms with E-state index in [1.165, 1.54) is 6.08 Å². The van der Waals surface area contributed by atoms with Gasteiger partial charge < -0.3 is 4.74 Å². The zero-order chi connectivity index (χ0) is 7.82. The Balaban J connectivity index is 3.28. The van der Waals surface area contributed by atoms with Crippen LogP contribution < -0.4 is 0 Å². The van der Waals surface area contributed by atoms with Gasteiger partial charge in [0.2, 0.25) is 6.08 Å². The van der Waals surface area contributed by atoms with Gasteiger partial charge in [0.05, 0.1) is 6.54 Å². The highest BCUT2D eigenvalue weighted by Gasteiger charge is 1.87. The van der Waals surface area contributed by atoms with E-state index >= 15 is 0 Å². The molecule has 0 saturated carbocycles. The summed E-state index contributed by atoms with van der Waals surface area (Å²) in [7, 11) is 0. The van der Waals surface area contributed by atoms with Gasteiger partial charge in [-0.25, -0.2) is 9.79 Å². The molecule has 56 valence electrons. The van der Waals surface area contributed by atoms with Crippen LogP contribution in [-0.4, -0.2) is 19.2 Å². The molecule has 0 atom stereocenters. The van der Waals surface area contributed by atoms with E-state index in [0.717, 1.165) is 0 Å². The van der Waals surface area contributed by atoms with Crippen molar-refractivity contribution in [2.45, 2.75) is 6.92 Å². The van der Waals surface area contributed by atoms with Crippen molar-refractivity contribution in [1.82, 2.24) is 0 Å². The average Bonchev–Trinajstić information content (AvgIpc) is 1.98. The minimum absolute atomic E-state index is 0.299. The maximum absolute atomic E-state index is 9.52. The van der Waals surface area contributed by atoms with Crippen LogP contribution >= 0.6 is 11.6 Å². The van der Waals surface area contributed by atoms with Crippen LogP contribution in [0.4, 0.5) is 0 Å². The standard InChI is InChI=1S/C6H8ClNO2/c1-2-6(7)10-4-3-8-5-9/h2H,3-4H2,1H3. The molecule has 0 saturated heterocycles. The van der Waals surface area contributed by atoms with Crippen molar-refractivity contribution in [1.29, 1.82) is 0 Å². The summed E-state index contributed by atoms with van der Waals surface area (Å²) in [4.78, 5) is 12.8. The Bertz CT molecular complexity index is 161. The number of hydrogen-bond donors (Lipinski definition) is 0. The number of ether oxygens (including phenoxy) is 1. The summed E-state index contributed by atoms with van der Waals surface area (Å²) in [6, 6.07) is 0. The van der Waals surface area contributed by atoms with Crippen LogP contribution in [-0.2, 0) is 9.53 Å². The maximum atomic E-state index is 9.52. The molecule has 0 spiro atoms. The first-order valence-electron chi connectivity index (χ1n) is 2.79. The molecular weight excluding hydrogens is 154 g/mol. The second kappa shape index (κ2) is 6.33. The van der Waals surface area contributed by atoms with Crippen LogP contribution in [0.5, 0.6) is 0 Å². The van der Waals surface area contributed by atoms with Crippen molar-refractivity contribution in [3.8, 4) is 0 Å². The molecular formula is C6H8ClNO2. The van der Waals surface area contributed by atoms with Crippen LogP contribution in [0.1, 0.15) is 6.92 Å².